The average Bonchev–Trinajstić information content (AvgIpc) is 3.62. The molecule has 2 heterocycles. The predicted molar refractivity (Wildman–Crippen MR) is 174 cm³/mol. The van der Waals surface area contributed by atoms with Crippen LogP contribution in [-0.2, 0) is 21.9 Å². The lowest BCUT2D eigenvalue weighted by Gasteiger charge is -2.22. The Labute approximate surface area is 263 Å². The minimum absolute atomic E-state index is 0.00122. The average molecular weight is 620 g/mol. The normalized spacial score (nSPS) is 16.0. The number of ether oxygens (including phenoxy) is 1. The maximum atomic E-state index is 13.5. The number of aliphatic hydroxyl groups excluding tert-OH is 1. The zero-order valence-electron chi connectivity index (χ0n) is 24.1. The van der Waals surface area contributed by atoms with Gasteiger partial charge in [-0.3, -0.25) is 14.5 Å². The van der Waals surface area contributed by atoms with Crippen LogP contribution in [0, 0.1) is 13.8 Å². The van der Waals surface area contributed by atoms with Gasteiger partial charge in [0.05, 0.1) is 11.6 Å². The van der Waals surface area contributed by atoms with Crippen LogP contribution in [0.5, 0.6) is 5.75 Å². The molecule has 0 spiro atoms. The number of benzene rings is 4. The highest BCUT2D eigenvalue weighted by Gasteiger charge is 2.48. The van der Waals surface area contributed by atoms with Gasteiger partial charge in [-0.1, -0.05) is 113 Å². The Bertz CT molecular complexity index is 1830. The zero-order valence-corrected chi connectivity index (χ0v) is 25.8. The van der Waals surface area contributed by atoms with E-state index in [0.717, 1.165) is 16.7 Å². The molecule has 44 heavy (non-hydrogen) atoms. The summed E-state index contributed by atoms with van der Waals surface area (Å²) in [7, 11) is 0. The quantitative estimate of drug-likeness (QED) is 0.0596. The van der Waals surface area contributed by atoms with E-state index in [9.17, 15) is 14.7 Å². The molecule has 0 bridgehead atoms. The molecule has 1 unspecified atom stereocenters. The van der Waals surface area contributed by atoms with E-state index in [2.05, 4.69) is 40.5 Å². The number of nitrogens with zero attached hydrogens (tertiary/aromatic N) is 3. The monoisotopic (exact) mass is 619 g/mol. The van der Waals surface area contributed by atoms with Gasteiger partial charge in [-0.2, -0.15) is 0 Å². The fourth-order valence-corrected chi connectivity index (χ4v) is 6.82. The molecule has 1 N–H and O–H groups in total. The third-order valence-electron chi connectivity index (χ3n) is 7.26. The molecule has 4 aromatic carbocycles. The largest absolute Gasteiger partial charge is 0.507 e. The van der Waals surface area contributed by atoms with Crippen molar-refractivity contribution < 1.29 is 19.4 Å². The SMILES string of the molecule is Cc1ccc(CSc2nnc(N3C(=O)C(=O)C(=C(O)c4ccc(OCc5cccc(C)c5)cc4)C3c3ccccc3)s2)cc1. The minimum atomic E-state index is -0.864. The highest BCUT2D eigenvalue weighted by Crippen LogP contribution is 2.44. The number of carbonyl (C=O) groups is 2. The second-order valence-electron chi connectivity index (χ2n) is 10.5. The Kier molecular flexibility index (Phi) is 8.58. The van der Waals surface area contributed by atoms with E-state index in [1.54, 1.807) is 24.3 Å². The lowest BCUT2D eigenvalue weighted by atomic mass is 9.95. The van der Waals surface area contributed by atoms with Gasteiger partial charge in [0.25, 0.3) is 5.78 Å². The maximum absolute atomic E-state index is 13.5. The summed E-state index contributed by atoms with van der Waals surface area (Å²) in [5.41, 5.74) is 5.62. The van der Waals surface area contributed by atoms with Crippen molar-refractivity contribution in [3.8, 4) is 5.75 Å². The molecule has 0 saturated carbocycles. The summed E-state index contributed by atoms with van der Waals surface area (Å²) >= 11 is 2.76. The second-order valence-corrected chi connectivity index (χ2v) is 12.7. The molecule has 0 aliphatic carbocycles. The third-order valence-corrected chi connectivity index (χ3v) is 9.39. The number of aliphatic hydroxyl groups is 1. The summed E-state index contributed by atoms with van der Waals surface area (Å²) in [6.45, 7) is 4.48. The summed E-state index contributed by atoms with van der Waals surface area (Å²) in [5, 5.41) is 20.4. The third kappa shape index (κ3) is 6.29. The molecule has 1 saturated heterocycles. The molecule has 1 aliphatic rings. The topological polar surface area (TPSA) is 92.6 Å². The van der Waals surface area contributed by atoms with E-state index < -0.39 is 17.7 Å². The Hall–Kier alpha value is -4.73. The molecular formula is C35H29N3O4S2. The van der Waals surface area contributed by atoms with Gasteiger partial charge in [0, 0.05) is 11.3 Å². The Balaban J connectivity index is 1.27. The highest BCUT2D eigenvalue weighted by atomic mass is 32.2. The van der Waals surface area contributed by atoms with Crippen molar-refractivity contribution in [2.24, 2.45) is 0 Å². The summed E-state index contributed by atoms with van der Waals surface area (Å²) in [4.78, 5) is 28.3. The molecule has 1 amide bonds. The lowest BCUT2D eigenvalue weighted by Crippen LogP contribution is -2.29. The van der Waals surface area contributed by atoms with Crippen LogP contribution in [0.4, 0.5) is 5.13 Å². The zero-order chi connectivity index (χ0) is 30.6. The van der Waals surface area contributed by atoms with Crippen LogP contribution in [0.1, 0.15) is 39.4 Å². The van der Waals surface area contributed by atoms with Crippen molar-refractivity contribution in [2.75, 3.05) is 4.90 Å². The van der Waals surface area contributed by atoms with Gasteiger partial charge in [-0.05, 0) is 54.8 Å². The first-order valence-electron chi connectivity index (χ1n) is 14.0. The predicted octanol–water partition coefficient (Wildman–Crippen LogP) is 7.65. The van der Waals surface area contributed by atoms with Gasteiger partial charge >= 0.3 is 5.91 Å². The Morgan fingerprint density at radius 1 is 0.864 bits per heavy atom. The second kappa shape index (κ2) is 12.9. The molecule has 1 fully saturated rings. The smallest absolute Gasteiger partial charge is 0.301 e. The number of thioether (sulfide) groups is 1. The van der Waals surface area contributed by atoms with E-state index >= 15 is 0 Å². The summed E-state index contributed by atoms with van der Waals surface area (Å²) < 4.78 is 6.60. The maximum Gasteiger partial charge on any atom is 0.301 e. The molecule has 0 radical (unpaired) electrons. The van der Waals surface area contributed by atoms with Crippen LogP contribution in [0.3, 0.4) is 0 Å². The van der Waals surface area contributed by atoms with E-state index in [1.807, 2.05) is 62.4 Å². The number of hydrogen-bond donors (Lipinski definition) is 1. The van der Waals surface area contributed by atoms with Gasteiger partial charge in [0.15, 0.2) is 4.34 Å². The molecule has 1 atom stereocenters. The van der Waals surface area contributed by atoms with Crippen molar-refractivity contribution in [1.29, 1.82) is 0 Å². The number of aryl methyl sites for hydroxylation is 2. The first-order chi connectivity index (χ1) is 21.4. The van der Waals surface area contributed by atoms with Crippen LogP contribution in [0.2, 0.25) is 0 Å². The number of hydrogen-bond acceptors (Lipinski definition) is 8. The minimum Gasteiger partial charge on any atom is -0.507 e. The van der Waals surface area contributed by atoms with Gasteiger partial charge in [-0.25, -0.2) is 0 Å². The number of amides is 1. The lowest BCUT2D eigenvalue weighted by molar-refractivity contribution is -0.132. The van der Waals surface area contributed by atoms with Crippen molar-refractivity contribution >= 4 is 45.7 Å². The van der Waals surface area contributed by atoms with Gasteiger partial charge in [0.2, 0.25) is 5.13 Å². The summed E-state index contributed by atoms with van der Waals surface area (Å²) in [6, 6.07) is 31.5. The van der Waals surface area contributed by atoms with E-state index in [1.165, 1.54) is 33.6 Å². The molecule has 7 nitrogen and oxygen atoms in total. The fraction of sp³-hybridized carbons (Fsp3) is 0.143. The Morgan fingerprint density at radius 2 is 1.61 bits per heavy atom. The molecule has 5 aromatic rings. The van der Waals surface area contributed by atoms with Gasteiger partial charge < -0.3 is 9.84 Å². The number of ketones is 1. The Morgan fingerprint density at radius 3 is 2.34 bits per heavy atom. The molecule has 9 heteroatoms. The van der Waals surface area contributed by atoms with Crippen LogP contribution in [0.25, 0.3) is 5.76 Å². The molecule has 220 valence electrons. The van der Waals surface area contributed by atoms with Crippen LogP contribution in [0.15, 0.2) is 113 Å². The molecule has 6 rings (SSSR count). The van der Waals surface area contributed by atoms with E-state index in [4.69, 9.17) is 4.74 Å². The first kappa shape index (κ1) is 29.3. The molecule has 1 aromatic heterocycles. The van der Waals surface area contributed by atoms with Crippen molar-refractivity contribution in [1.82, 2.24) is 10.2 Å². The van der Waals surface area contributed by atoms with Crippen molar-refractivity contribution in [3.63, 3.8) is 0 Å². The van der Waals surface area contributed by atoms with E-state index in [0.29, 0.717) is 38.7 Å². The van der Waals surface area contributed by atoms with Crippen LogP contribution >= 0.6 is 23.1 Å². The van der Waals surface area contributed by atoms with E-state index in [-0.39, 0.29) is 11.3 Å². The molecule has 1 aliphatic heterocycles. The van der Waals surface area contributed by atoms with Gasteiger partial charge in [0.1, 0.15) is 18.1 Å². The number of aromatic nitrogens is 2. The molecular weight excluding hydrogens is 591 g/mol. The summed E-state index contributed by atoms with van der Waals surface area (Å²) in [5.74, 6) is -0.485. The number of anilines is 1. The number of Topliss-reactive ketones (excluding diaryl/α,β-unsaturated/α-hetero) is 1. The summed E-state index contributed by atoms with van der Waals surface area (Å²) in [6.07, 6.45) is 0. The van der Waals surface area contributed by atoms with Crippen molar-refractivity contribution in [3.05, 3.63) is 142 Å². The highest BCUT2D eigenvalue weighted by molar-refractivity contribution is 8.00. The standard InChI is InChI=1S/C35H29N3O4S2/c1-22-11-13-24(14-12-22)21-43-35-37-36-34(44-35)38-30(26-9-4-3-5-10-26)29(32(40)33(38)41)31(39)27-15-17-28(18-16-27)42-20-25-8-6-7-23(2)19-25/h3-19,30,39H,20-21H2,1-2H3. The van der Waals surface area contributed by atoms with Gasteiger partial charge in [-0.15, -0.1) is 10.2 Å². The van der Waals surface area contributed by atoms with Crippen LogP contribution < -0.4 is 9.64 Å². The fourth-order valence-electron chi connectivity index (χ4n) is 5.00. The van der Waals surface area contributed by atoms with Crippen molar-refractivity contribution in [2.45, 2.75) is 36.6 Å². The number of rotatable bonds is 9. The van der Waals surface area contributed by atoms with Crippen LogP contribution in [-0.4, -0.2) is 27.0 Å². The number of carbonyl (C=O) groups excluding carboxylic acids is 2. The first-order valence-corrected chi connectivity index (χ1v) is 15.8.